The van der Waals surface area contributed by atoms with Gasteiger partial charge in [-0.05, 0) is 24.1 Å². The summed E-state index contributed by atoms with van der Waals surface area (Å²) in [6.07, 6.45) is 0.190. The molecule has 4 heteroatoms. The molecule has 0 aliphatic rings. The summed E-state index contributed by atoms with van der Waals surface area (Å²) in [7, 11) is 1.89. The van der Waals surface area contributed by atoms with Gasteiger partial charge in [0.1, 0.15) is 6.61 Å². The molecule has 2 aromatic carbocycles. The van der Waals surface area contributed by atoms with Gasteiger partial charge in [0.25, 0.3) is 0 Å². The Morgan fingerprint density at radius 3 is 2.68 bits per heavy atom. The number of ether oxygens (including phenoxy) is 1. The number of esters is 1. The van der Waals surface area contributed by atoms with Gasteiger partial charge >= 0.3 is 5.97 Å². The Balaban J connectivity index is 1.74. The third-order valence-electron chi connectivity index (χ3n) is 3.71. The van der Waals surface area contributed by atoms with Crippen LogP contribution in [0.15, 0.2) is 48.5 Å². The first-order valence-corrected chi connectivity index (χ1v) is 7.26. The minimum atomic E-state index is -0.257. The maximum Gasteiger partial charge on any atom is 0.312 e. The van der Waals surface area contributed by atoms with Crippen LogP contribution in [0, 0.1) is 6.92 Å². The number of carbonyl (C=O) groups excluding carboxylic acids is 1. The fraction of sp³-hybridized carbons (Fsp3) is 0.222. The molecular formula is C18H18N2O2. The Morgan fingerprint density at radius 1 is 1.14 bits per heavy atom. The molecule has 0 atom stereocenters. The molecule has 4 nitrogen and oxygen atoms in total. The van der Waals surface area contributed by atoms with Crippen molar-refractivity contribution in [3.63, 3.8) is 0 Å². The summed E-state index contributed by atoms with van der Waals surface area (Å²) in [4.78, 5) is 12.1. The number of hydrogen-bond acceptors (Lipinski definition) is 3. The Kier molecular flexibility index (Phi) is 3.92. The average Bonchev–Trinajstić information content (AvgIpc) is 2.84. The van der Waals surface area contributed by atoms with Gasteiger partial charge in [-0.25, -0.2) is 0 Å². The van der Waals surface area contributed by atoms with Gasteiger partial charge in [0, 0.05) is 12.4 Å². The van der Waals surface area contributed by atoms with Crippen LogP contribution in [0.4, 0.5) is 0 Å². The summed E-state index contributed by atoms with van der Waals surface area (Å²) in [5.74, 6) is -0.257. The molecule has 1 heterocycles. The van der Waals surface area contributed by atoms with Crippen LogP contribution in [-0.4, -0.2) is 15.7 Å². The molecule has 112 valence electrons. The molecule has 0 bridgehead atoms. The van der Waals surface area contributed by atoms with Gasteiger partial charge in [-0.1, -0.05) is 42.5 Å². The van der Waals surface area contributed by atoms with E-state index in [4.69, 9.17) is 4.74 Å². The van der Waals surface area contributed by atoms with Crippen molar-refractivity contribution in [3.8, 4) is 0 Å². The lowest BCUT2D eigenvalue weighted by Gasteiger charge is -2.04. The summed E-state index contributed by atoms with van der Waals surface area (Å²) >= 11 is 0. The number of hydrogen-bond donors (Lipinski definition) is 0. The van der Waals surface area contributed by atoms with E-state index in [1.54, 1.807) is 0 Å². The number of carbonyl (C=O) groups is 1. The number of fused-ring (bicyclic) bond motifs is 1. The van der Waals surface area contributed by atoms with E-state index in [0.29, 0.717) is 6.61 Å². The third-order valence-corrected chi connectivity index (χ3v) is 3.71. The summed E-state index contributed by atoms with van der Waals surface area (Å²) < 4.78 is 7.15. The first kappa shape index (κ1) is 14.3. The van der Waals surface area contributed by atoms with Crippen LogP contribution >= 0.6 is 0 Å². The smallest absolute Gasteiger partial charge is 0.312 e. The number of nitrogens with zero attached hydrogens (tertiary/aromatic N) is 2. The molecule has 0 N–H and O–H groups in total. The first-order chi connectivity index (χ1) is 10.6. The molecule has 0 radical (unpaired) electrons. The second-order valence-electron chi connectivity index (χ2n) is 5.36. The highest BCUT2D eigenvalue weighted by atomic mass is 16.5. The standard InChI is InChI=1S/C18H18N2O2/c1-13-7-6-10-16-18(13)15(19-20(16)2)11-17(21)22-12-14-8-4-3-5-9-14/h3-10H,11-12H2,1-2H3. The molecule has 0 unspecified atom stereocenters. The van der Waals surface area contributed by atoms with Crippen molar-refractivity contribution in [1.82, 2.24) is 9.78 Å². The van der Waals surface area contributed by atoms with Crippen molar-refractivity contribution in [2.24, 2.45) is 7.05 Å². The second kappa shape index (κ2) is 6.02. The predicted octanol–water partition coefficient (Wildman–Crippen LogP) is 3.17. The lowest BCUT2D eigenvalue weighted by atomic mass is 10.1. The molecule has 3 aromatic rings. The minimum Gasteiger partial charge on any atom is -0.461 e. The zero-order valence-electron chi connectivity index (χ0n) is 12.7. The molecule has 0 aliphatic carbocycles. The highest BCUT2D eigenvalue weighted by molar-refractivity contribution is 5.88. The lowest BCUT2D eigenvalue weighted by Crippen LogP contribution is -2.09. The van der Waals surface area contributed by atoms with Crippen LogP contribution < -0.4 is 0 Å². The Hall–Kier alpha value is -2.62. The Morgan fingerprint density at radius 2 is 1.91 bits per heavy atom. The van der Waals surface area contributed by atoms with Crippen molar-refractivity contribution < 1.29 is 9.53 Å². The number of aryl methyl sites for hydroxylation is 2. The molecule has 22 heavy (non-hydrogen) atoms. The van der Waals surface area contributed by atoms with Crippen LogP contribution in [0.5, 0.6) is 0 Å². The van der Waals surface area contributed by atoms with Crippen molar-refractivity contribution in [2.45, 2.75) is 20.0 Å². The van der Waals surface area contributed by atoms with Gasteiger partial charge in [-0.3, -0.25) is 9.48 Å². The topological polar surface area (TPSA) is 44.1 Å². The quantitative estimate of drug-likeness (QED) is 0.694. The highest BCUT2D eigenvalue weighted by Crippen LogP contribution is 2.22. The van der Waals surface area contributed by atoms with E-state index < -0.39 is 0 Å². The van der Waals surface area contributed by atoms with Crippen LogP contribution in [0.1, 0.15) is 16.8 Å². The summed E-state index contributed by atoms with van der Waals surface area (Å²) in [5.41, 5.74) is 3.91. The van der Waals surface area contributed by atoms with Crippen LogP contribution in [0.25, 0.3) is 10.9 Å². The monoisotopic (exact) mass is 294 g/mol. The van der Waals surface area contributed by atoms with Crippen molar-refractivity contribution >= 4 is 16.9 Å². The molecule has 0 saturated heterocycles. The van der Waals surface area contributed by atoms with Crippen LogP contribution in [-0.2, 0) is 29.6 Å². The highest BCUT2D eigenvalue weighted by Gasteiger charge is 2.15. The minimum absolute atomic E-state index is 0.190. The van der Waals surface area contributed by atoms with Gasteiger partial charge in [-0.2, -0.15) is 5.10 Å². The zero-order valence-corrected chi connectivity index (χ0v) is 12.7. The maximum atomic E-state index is 12.1. The lowest BCUT2D eigenvalue weighted by molar-refractivity contribution is -0.144. The van der Waals surface area contributed by atoms with Gasteiger partial charge in [0.2, 0.25) is 0 Å². The second-order valence-corrected chi connectivity index (χ2v) is 5.36. The van der Waals surface area contributed by atoms with E-state index in [0.717, 1.165) is 27.7 Å². The Bertz CT molecular complexity index is 807. The molecule has 0 aliphatic heterocycles. The molecular weight excluding hydrogens is 276 g/mol. The maximum absolute atomic E-state index is 12.1. The van der Waals surface area contributed by atoms with Crippen molar-refractivity contribution in [1.29, 1.82) is 0 Å². The molecule has 0 amide bonds. The predicted molar refractivity (Wildman–Crippen MR) is 85.4 cm³/mol. The SMILES string of the molecule is Cc1cccc2c1c(CC(=O)OCc1ccccc1)nn2C. The molecule has 0 fully saturated rings. The Labute approximate surface area is 129 Å². The number of rotatable bonds is 4. The fourth-order valence-corrected chi connectivity index (χ4v) is 2.63. The third kappa shape index (κ3) is 2.86. The normalized spacial score (nSPS) is 10.8. The van der Waals surface area contributed by atoms with Gasteiger partial charge in [-0.15, -0.1) is 0 Å². The van der Waals surface area contributed by atoms with Gasteiger partial charge < -0.3 is 4.74 Å². The average molecular weight is 294 g/mol. The van der Waals surface area contributed by atoms with Crippen molar-refractivity contribution in [2.75, 3.05) is 0 Å². The van der Waals surface area contributed by atoms with Crippen LogP contribution in [0.3, 0.4) is 0 Å². The molecule has 3 rings (SSSR count). The molecule has 1 aromatic heterocycles. The van der Waals surface area contributed by atoms with Crippen LogP contribution in [0.2, 0.25) is 0 Å². The molecule has 0 spiro atoms. The van der Waals surface area contributed by atoms with Gasteiger partial charge in [0.05, 0.1) is 17.6 Å². The number of benzene rings is 2. The largest absolute Gasteiger partial charge is 0.461 e. The summed E-state index contributed by atoms with van der Waals surface area (Å²) in [5, 5.41) is 5.50. The van der Waals surface area contributed by atoms with Gasteiger partial charge in [0.15, 0.2) is 0 Å². The van der Waals surface area contributed by atoms with E-state index in [-0.39, 0.29) is 12.4 Å². The van der Waals surface area contributed by atoms with E-state index in [2.05, 4.69) is 5.10 Å². The van der Waals surface area contributed by atoms with E-state index in [9.17, 15) is 4.79 Å². The fourth-order valence-electron chi connectivity index (χ4n) is 2.63. The van der Waals surface area contributed by atoms with E-state index in [1.807, 2.05) is 67.2 Å². The van der Waals surface area contributed by atoms with Crippen molar-refractivity contribution in [3.05, 3.63) is 65.4 Å². The summed E-state index contributed by atoms with van der Waals surface area (Å²) in [6, 6.07) is 15.7. The van der Waals surface area contributed by atoms with E-state index in [1.165, 1.54) is 0 Å². The zero-order chi connectivity index (χ0) is 15.5. The number of aromatic nitrogens is 2. The molecule has 0 saturated carbocycles. The van der Waals surface area contributed by atoms with E-state index >= 15 is 0 Å². The summed E-state index contributed by atoms with van der Waals surface area (Å²) in [6.45, 7) is 2.33. The first-order valence-electron chi connectivity index (χ1n) is 7.26.